The van der Waals surface area contributed by atoms with Crippen LogP contribution in [0.3, 0.4) is 0 Å². The number of aliphatic hydroxyl groups is 2. The van der Waals surface area contributed by atoms with Crippen LogP contribution in [0.1, 0.15) is 32.1 Å². The highest BCUT2D eigenvalue weighted by molar-refractivity contribution is 4.72. The lowest BCUT2D eigenvalue weighted by molar-refractivity contribution is 0.0514. The quantitative estimate of drug-likeness (QED) is 0.636. The van der Waals surface area contributed by atoms with Crippen molar-refractivity contribution in [2.75, 3.05) is 26.4 Å². The highest BCUT2D eigenvalue weighted by Crippen LogP contribution is 2.30. The Morgan fingerprint density at radius 1 is 0.929 bits per heavy atom. The second kappa shape index (κ2) is 7.21. The predicted molar refractivity (Wildman–Crippen MR) is 55.1 cm³/mol. The largest absolute Gasteiger partial charge is 0.396 e. The van der Waals surface area contributed by atoms with Gasteiger partial charge in [-0.1, -0.05) is 12.8 Å². The summed E-state index contributed by atoms with van der Waals surface area (Å²) < 4.78 is 5.32. The summed E-state index contributed by atoms with van der Waals surface area (Å²) in [5.74, 6) is 1.41. The van der Waals surface area contributed by atoms with Crippen molar-refractivity contribution in [1.29, 1.82) is 0 Å². The molecule has 1 aliphatic rings. The summed E-state index contributed by atoms with van der Waals surface area (Å²) in [6, 6.07) is 0. The molecular formula is C11H22O3. The van der Waals surface area contributed by atoms with Crippen molar-refractivity contribution >= 4 is 0 Å². The SMILES string of the molecule is OCCOCC1CCC(CCO)CC1. The molecular weight excluding hydrogens is 180 g/mol. The molecule has 3 heteroatoms. The van der Waals surface area contributed by atoms with Gasteiger partial charge in [-0.05, 0) is 31.1 Å². The average Bonchev–Trinajstić information content (AvgIpc) is 2.21. The van der Waals surface area contributed by atoms with E-state index in [1.165, 1.54) is 25.7 Å². The van der Waals surface area contributed by atoms with Crippen molar-refractivity contribution in [3.63, 3.8) is 0 Å². The number of hydrogen-bond acceptors (Lipinski definition) is 3. The van der Waals surface area contributed by atoms with Gasteiger partial charge in [0.05, 0.1) is 13.2 Å². The zero-order valence-electron chi connectivity index (χ0n) is 8.82. The van der Waals surface area contributed by atoms with Crippen LogP contribution in [0.4, 0.5) is 0 Å². The molecule has 0 aromatic heterocycles. The van der Waals surface area contributed by atoms with Crippen LogP contribution in [-0.2, 0) is 4.74 Å². The van der Waals surface area contributed by atoms with Gasteiger partial charge in [0.15, 0.2) is 0 Å². The van der Waals surface area contributed by atoms with E-state index in [2.05, 4.69) is 0 Å². The van der Waals surface area contributed by atoms with Crippen molar-refractivity contribution in [3.05, 3.63) is 0 Å². The Bertz CT molecular complexity index is 130. The molecule has 3 nitrogen and oxygen atoms in total. The first kappa shape index (κ1) is 12.0. The standard InChI is InChI=1S/C11H22O3/c12-6-5-10-1-3-11(4-2-10)9-14-8-7-13/h10-13H,1-9H2. The molecule has 0 heterocycles. The number of aliphatic hydroxyl groups excluding tert-OH is 2. The van der Waals surface area contributed by atoms with Crippen LogP contribution in [-0.4, -0.2) is 36.6 Å². The highest BCUT2D eigenvalue weighted by Gasteiger charge is 2.20. The Morgan fingerprint density at radius 2 is 1.57 bits per heavy atom. The average molecular weight is 202 g/mol. The van der Waals surface area contributed by atoms with E-state index in [-0.39, 0.29) is 6.61 Å². The molecule has 0 unspecified atom stereocenters. The van der Waals surface area contributed by atoms with E-state index >= 15 is 0 Å². The van der Waals surface area contributed by atoms with E-state index in [0.29, 0.717) is 19.1 Å². The molecule has 1 saturated carbocycles. The zero-order chi connectivity index (χ0) is 10.2. The van der Waals surface area contributed by atoms with Gasteiger partial charge in [0, 0.05) is 13.2 Å². The Morgan fingerprint density at radius 3 is 2.14 bits per heavy atom. The number of hydrogen-bond donors (Lipinski definition) is 2. The summed E-state index contributed by atoms with van der Waals surface area (Å²) in [7, 11) is 0. The van der Waals surface area contributed by atoms with Crippen LogP contribution in [0.25, 0.3) is 0 Å². The molecule has 2 N–H and O–H groups in total. The highest BCUT2D eigenvalue weighted by atomic mass is 16.5. The smallest absolute Gasteiger partial charge is 0.0697 e. The van der Waals surface area contributed by atoms with Crippen LogP contribution in [0, 0.1) is 11.8 Å². The van der Waals surface area contributed by atoms with Crippen molar-refractivity contribution in [1.82, 2.24) is 0 Å². The third-order valence-corrected chi connectivity index (χ3v) is 3.09. The van der Waals surface area contributed by atoms with E-state index in [0.717, 1.165) is 18.9 Å². The minimum atomic E-state index is 0.125. The minimum absolute atomic E-state index is 0.125. The molecule has 1 aliphatic carbocycles. The van der Waals surface area contributed by atoms with Crippen LogP contribution >= 0.6 is 0 Å². The molecule has 0 bridgehead atoms. The second-order valence-corrected chi connectivity index (χ2v) is 4.20. The Hall–Kier alpha value is -0.120. The number of rotatable bonds is 6. The lowest BCUT2D eigenvalue weighted by atomic mass is 9.81. The fourth-order valence-corrected chi connectivity index (χ4v) is 2.18. The molecule has 0 atom stereocenters. The van der Waals surface area contributed by atoms with E-state index in [4.69, 9.17) is 14.9 Å². The molecule has 0 spiro atoms. The van der Waals surface area contributed by atoms with Crippen LogP contribution in [0.5, 0.6) is 0 Å². The first-order valence-corrected chi connectivity index (χ1v) is 5.66. The lowest BCUT2D eigenvalue weighted by Gasteiger charge is -2.27. The monoisotopic (exact) mass is 202 g/mol. The molecule has 1 fully saturated rings. The summed E-state index contributed by atoms with van der Waals surface area (Å²) in [4.78, 5) is 0. The van der Waals surface area contributed by atoms with E-state index in [9.17, 15) is 0 Å². The normalized spacial score (nSPS) is 27.9. The maximum atomic E-state index is 8.81. The predicted octanol–water partition coefficient (Wildman–Crippen LogP) is 1.18. The fourth-order valence-electron chi connectivity index (χ4n) is 2.18. The lowest BCUT2D eigenvalue weighted by Crippen LogP contribution is -2.20. The maximum Gasteiger partial charge on any atom is 0.0697 e. The summed E-state index contributed by atoms with van der Waals surface area (Å²) >= 11 is 0. The Labute approximate surface area is 86.1 Å². The van der Waals surface area contributed by atoms with Crippen molar-refractivity contribution < 1.29 is 14.9 Å². The zero-order valence-corrected chi connectivity index (χ0v) is 8.82. The van der Waals surface area contributed by atoms with Gasteiger partial charge in [-0.2, -0.15) is 0 Å². The second-order valence-electron chi connectivity index (χ2n) is 4.20. The van der Waals surface area contributed by atoms with E-state index in [1.54, 1.807) is 0 Å². The van der Waals surface area contributed by atoms with Gasteiger partial charge in [-0.25, -0.2) is 0 Å². The maximum absolute atomic E-state index is 8.81. The van der Waals surface area contributed by atoms with E-state index in [1.807, 2.05) is 0 Å². The molecule has 0 aromatic carbocycles. The van der Waals surface area contributed by atoms with Gasteiger partial charge >= 0.3 is 0 Å². The van der Waals surface area contributed by atoms with Crippen molar-refractivity contribution in [3.8, 4) is 0 Å². The topological polar surface area (TPSA) is 49.7 Å². The molecule has 14 heavy (non-hydrogen) atoms. The molecule has 0 aliphatic heterocycles. The molecule has 0 saturated heterocycles. The Kier molecular flexibility index (Phi) is 6.15. The van der Waals surface area contributed by atoms with Crippen LogP contribution in [0.15, 0.2) is 0 Å². The van der Waals surface area contributed by atoms with Gasteiger partial charge in [0.25, 0.3) is 0 Å². The molecule has 0 aromatic rings. The van der Waals surface area contributed by atoms with Crippen molar-refractivity contribution in [2.45, 2.75) is 32.1 Å². The first-order chi connectivity index (χ1) is 6.86. The Balaban J connectivity index is 2.03. The summed E-state index contributed by atoms with van der Waals surface area (Å²) in [5, 5.41) is 17.4. The van der Waals surface area contributed by atoms with Gasteiger partial charge in [-0.15, -0.1) is 0 Å². The first-order valence-electron chi connectivity index (χ1n) is 5.66. The summed E-state index contributed by atoms with van der Waals surface area (Å²) in [6.45, 7) is 1.72. The third-order valence-electron chi connectivity index (χ3n) is 3.09. The van der Waals surface area contributed by atoms with Gasteiger partial charge < -0.3 is 14.9 Å². The van der Waals surface area contributed by atoms with Gasteiger partial charge in [-0.3, -0.25) is 0 Å². The number of ether oxygens (including phenoxy) is 1. The van der Waals surface area contributed by atoms with E-state index < -0.39 is 0 Å². The summed E-state index contributed by atoms with van der Waals surface area (Å²) in [5.41, 5.74) is 0. The van der Waals surface area contributed by atoms with Crippen LogP contribution in [0.2, 0.25) is 0 Å². The van der Waals surface area contributed by atoms with Gasteiger partial charge in [0.1, 0.15) is 0 Å². The molecule has 84 valence electrons. The van der Waals surface area contributed by atoms with Crippen molar-refractivity contribution in [2.24, 2.45) is 11.8 Å². The molecule has 1 rings (SSSR count). The summed E-state index contributed by atoms with van der Waals surface area (Å²) in [6.07, 6.45) is 5.86. The van der Waals surface area contributed by atoms with Crippen LogP contribution < -0.4 is 0 Å². The minimum Gasteiger partial charge on any atom is -0.396 e. The molecule has 0 amide bonds. The fraction of sp³-hybridized carbons (Fsp3) is 1.00. The van der Waals surface area contributed by atoms with Gasteiger partial charge in [0.2, 0.25) is 0 Å². The third kappa shape index (κ3) is 4.40. The molecule has 0 radical (unpaired) electrons.